The van der Waals surface area contributed by atoms with Crippen molar-refractivity contribution in [2.75, 3.05) is 7.11 Å². The van der Waals surface area contributed by atoms with Gasteiger partial charge in [-0.25, -0.2) is 4.79 Å². The number of methoxy groups -OCH3 is 1. The molecule has 4 N–H and O–H groups in total. The number of hydrogen-bond donors (Lipinski definition) is 4. The number of para-hydroxylation sites is 1. The highest BCUT2D eigenvalue weighted by atomic mass is 32.1. The lowest BCUT2D eigenvalue weighted by Gasteiger charge is -2.16. The second kappa shape index (κ2) is 8.53. The van der Waals surface area contributed by atoms with Crippen LogP contribution in [0.4, 0.5) is 0 Å². The quantitative estimate of drug-likeness (QED) is 0.477. The van der Waals surface area contributed by atoms with Crippen LogP contribution < -0.4 is 15.4 Å². The first kappa shape index (κ1) is 19.4. The molecule has 0 aliphatic rings. The fourth-order valence-corrected chi connectivity index (χ4v) is 3.07. The molecule has 0 radical (unpaired) electrons. The summed E-state index contributed by atoms with van der Waals surface area (Å²) >= 11 is 5.13. The third-order valence-corrected chi connectivity index (χ3v) is 4.50. The van der Waals surface area contributed by atoms with Crippen LogP contribution in [0.25, 0.3) is 10.9 Å². The minimum atomic E-state index is -1.06. The fraction of sp³-hybridized carbons (Fsp3) is 0.150. The van der Waals surface area contributed by atoms with Gasteiger partial charge in [0.05, 0.1) is 7.11 Å². The van der Waals surface area contributed by atoms with Gasteiger partial charge in [-0.05, 0) is 48.1 Å². The van der Waals surface area contributed by atoms with E-state index in [2.05, 4.69) is 15.6 Å². The number of amides is 1. The van der Waals surface area contributed by atoms with Gasteiger partial charge in [-0.15, -0.1) is 0 Å². The molecule has 0 aliphatic heterocycles. The number of hydrogen-bond acceptors (Lipinski definition) is 4. The molecule has 8 heteroatoms. The van der Waals surface area contributed by atoms with Crippen LogP contribution in [0.5, 0.6) is 5.75 Å². The van der Waals surface area contributed by atoms with Crippen LogP contribution in [0.1, 0.15) is 15.9 Å². The number of H-pyrrole nitrogens is 1. The van der Waals surface area contributed by atoms with E-state index in [1.807, 2.05) is 24.3 Å². The van der Waals surface area contributed by atoms with Gasteiger partial charge in [-0.1, -0.05) is 18.2 Å². The molecule has 144 valence electrons. The fourth-order valence-electron chi connectivity index (χ4n) is 2.83. The van der Waals surface area contributed by atoms with Crippen molar-refractivity contribution in [1.82, 2.24) is 15.6 Å². The van der Waals surface area contributed by atoms with Gasteiger partial charge in [-0.3, -0.25) is 10.1 Å². The van der Waals surface area contributed by atoms with Gasteiger partial charge >= 0.3 is 5.97 Å². The van der Waals surface area contributed by atoms with Crippen LogP contribution >= 0.6 is 12.2 Å². The molecule has 28 heavy (non-hydrogen) atoms. The zero-order chi connectivity index (χ0) is 20.1. The summed E-state index contributed by atoms with van der Waals surface area (Å²) in [6.07, 6.45) is 1.99. The summed E-state index contributed by atoms with van der Waals surface area (Å²) in [4.78, 5) is 27.0. The first-order chi connectivity index (χ1) is 13.5. The van der Waals surface area contributed by atoms with Crippen molar-refractivity contribution in [3.05, 3.63) is 65.9 Å². The van der Waals surface area contributed by atoms with E-state index in [1.165, 1.54) is 7.11 Å². The number of aromatic nitrogens is 1. The molecule has 0 saturated carbocycles. The zero-order valence-electron chi connectivity index (χ0n) is 15.1. The number of rotatable bonds is 6. The van der Waals surface area contributed by atoms with E-state index in [9.17, 15) is 14.7 Å². The smallest absolute Gasteiger partial charge is 0.326 e. The second-order valence-corrected chi connectivity index (χ2v) is 6.52. The maximum absolute atomic E-state index is 12.3. The predicted octanol–water partition coefficient (Wildman–Crippen LogP) is 2.48. The zero-order valence-corrected chi connectivity index (χ0v) is 15.9. The Morgan fingerprint density at radius 1 is 1.18 bits per heavy atom. The molecule has 1 atom stereocenters. The number of ether oxygens (including phenoxy) is 1. The van der Waals surface area contributed by atoms with Crippen molar-refractivity contribution in [3.8, 4) is 5.75 Å². The number of nitrogens with one attached hydrogen (secondary N) is 3. The van der Waals surface area contributed by atoms with E-state index in [1.54, 1.807) is 30.5 Å². The largest absolute Gasteiger partial charge is 0.497 e. The molecule has 0 saturated heterocycles. The molecule has 1 aromatic heterocycles. The Morgan fingerprint density at radius 3 is 2.57 bits per heavy atom. The summed E-state index contributed by atoms with van der Waals surface area (Å²) < 4.78 is 5.05. The third-order valence-electron chi connectivity index (χ3n) is 4.28. The van der Waals surface area contributed by atoms with E-state index < -0.39 is 17.9 Å². The summed E-state index contributed by atoms with van der Waals surface area (Å²) in [5.41, 5.74) is 2.16. The van der Waals surface area contributed by atoms with E-state index in [4.69, 9.17) is 17.0 Å². The Labute approximate surface area is 166 Å². The highest BCUT2D eigenvalue weighted by molar-refractivity contribution is 7.80. The maximum atomic E-state index is 12.3. The molecular weight excluding hydrogens is 378 g/mol. The van der Waals surface area contributed by atoms with Gasteiger partial charge in [0.25, 0.3) is 5.91 Å². The molecule has 1 heterocycles. The molecule has 3 rings (SSSR count). The Kier molecular flexibility index (Phi) is 5.90. The minimum Gasteiger partial charge on any atom is -0.497 e. The van der Waals surface area contributed by atoms with Crippen molar-refractivity contribution in [2.45, 2.75) is 12.5 Å². The minimum absolute atomic E-state index is 0.0481. The van der Waals surface area contributed by atoms with Gasteiger partial charge < -0.3 is 20.1 Å². The summed E-state index contributed by atoms with van der Waals surface area (Å²) in [5, 5.41) is 15.7. The standard InChI is InChI=1S/C20H19N3O4S/c1-27-14-8-6-12(7-9-14)18(24)23-20(28)22-17(19(25)26)10-13-11-21-16-5-3-2-4-15(13)16/h2-9,11,17,21H,10H2,1H3,(H,25,26)(H2,22,23,24,28)/t17-/m0/s1. The Hall–Kier alpha value is -3.39. The highest BCUT2D eigenvalue weighted by Crippen LogP contribution is 2.19. The molecule has 0 aliphatic carbocycles. The van der Waals surface area contributed by atoms with E-state index in [0.717, 1.165) is 16.5 Å². The summed E-state index contributed by atoms with van der Waals surface area (Å²) in [6, 6.07) is 13.1. The summed E-state index contributed by atoms with van der Waals surface area (Å²) in [5.74, 6) is -0.871. The first-order valence-corrected chi connectivity index (χ1v) is 8.92. The van der Waals surface area contributed by atoms with Gasteiger partial charge in [0, 0.05) is 29.1 Å². The topological polar surface area (TPSA) is 103 Å². The third kappa shape index (κ3) is 4.47. The molecule has 1 amide bonds. The molecule has 3 aromatic rings. The van der Waals surface area contributed by atoms with Crippen molar-refractivity contribution in [1.29, 1.82) is 0 Å². The number of aromatic amines is 1. The van der Waals surface area contributed by atoms with E-state index >= 15 is 0 Å². The van der Waals surface area contributed by atoms with Gasteiger partial charge in [0.15, 0.2) is 5.11 Å². The lowest BCUT2D eigenvalue weighted by molar-refractivity contribution is -0.139. The summed E-state index contributed by atoms with van der Waals surface area (Å²) in [7, 11) is 1.54. The van der Waals surface area contributed by atoms with Crippen molar-refractivity contribution in [2.24, 2.45) is 0 Å². The number of thiocarbonyl (C=S) groups is 1. The number of carbonyl (C=O) groups is 2. The molecule has 2 aromatic carbocycles. The Balaban J connectivity index is 1.65. The average Bonchev–Trinajstić information content (AvgIpc) is 3.10. The summed E-state index contributed by atoms with van der Waals surface area (Å²) in [6.45, 7) is 0. The van der Waals surface area contributed by atoms with Crippen molar-refractivity contribution >= 4 is 40.1 Å². The van der Waals surface area contributed by atoms with Crippen LogP contribution in [0.2, 0.25) is 0 Å². The second-order valence-electron chi connectivity index (χ2n) is 6.11. The number of benzene rings is 2. The number of fused-ring (bicyclic) bond motifs is 1. The lowest BCUT2D eigenvalue weighted by atomic mass is 10.1. The number of carbonyl (C=O) groups excluding carboxylic acids is 1. The van der Waals surface area contributed by atoms with Crippen LogP contribution in [0.3, 0.4) is 0 Å². The normalized spacial score (nSPS) is 11.6. The van der Waals surface area contributed by atoms with Crippen molar-refractivity contribution in [3.63, 3.8) is 0 Å². The van der Waals surface area contributed by atoms with Crippen molar-refractivity contribution < 1.29 is 19.4 Å². The molecule has 0 bridgehead atoms. The molecule has 7 nitrogen and oxygen atoms in total. The Morgan fingerprint density at radius 2 is 1.89 bits per heavy atom. The van der Waals surface area contributed by atoms with Gasteiger partial charge in [0.2, 0.25) is 0 Å². The number of carboxylic acids is 1. The van der Waals surface area contributed by atoms with E-state index in [0.29, 0.717) is 11.3 Å². The molecular formula is C20H19N3O4S. The lowest BCUT2D eigenvalue weighted by Crippen LogP contribution is -2.48. The molecule has 0 unspecified atom stereocenters. The predicted molar refractivity (Wildman–Crippen MR) is 110 cm³/mol. The first-order valence-electron chi connectivity index (χ1n) is 8.51. The molecule has 0 fully saturated rings. The maximum Gasteiger partial charge on any atom is 0.326 e. The van der Waals surface area contributed by atoms with Crippen LogP contribution in [-0.2, 0) is 11.2 Å². The monoisotopic (exact) mass is 397 g/mol. The van der Waals surface area contributed by atoms with E-state index in [-0.39, 0.29) is 11.5 Å². The van der Waals surface area contributed by atoms with Gasteiger partial charge in [0.1, 0.15) is 11.8 Å². The number of aliphatic carboxylic acids is 1. The van der Waals surface area contributed by atoms with Crippen LogP contribution in [-0.4, -0.2) is 40.2 Å². The molecule has 0 spiro atoms. The highest BCUT2D eigenvalue weighted by Gasteiger charge is 2.21. The average molecular weight is 397 g/mol. The van der Waals surface area contributed by atoms with Crippen LogP contribution in [0.15, 0.2) is 54.7 Å². The Bertz CT molecular complexity index is 1010. The van der Waals surface area contributed by atoms with Gasteiger partial charge in [-0.2, -0.15) is 0 Å². The SMILES string of the molecule is COc1ccc(C(=O)NC(=S)N[C@@H](Cc2c[nH]c3ccccc23)C(=O)O)cc1. The number of carboxylic acid groups (broad SMARTS) is 1. The van der Waals surface area contributed by atoms with Crippen LogP contribution in [0, 0.1) is 0 Å².